The molecule has 1 aliphatic rings. The Hall–Kier alpha value is -0.670. The molecule has 1 aromatic rings. The van der Waals surface area contributed by atoms with Crippen molar-refractivity contribution in [3.05, 3.63) is 27.7 Å². The molecule has 2 nitrogen and oxygen atoms in total. The van der Waals surface area contributed by atoms with Crippen molar-refractivity contribution in [2.75, 3.05) is 7.05 Å². The molecule has 0 saturated carbocycles. The molecule has 0 amide bonds. The van der Waals surface area contributed by atoms with Crippen molar-refractivity contribution in [1.29, 1.82) is 0 Å². The zero-order valence-electron chi connectivity index (χ0n) is 10.8. The average Bonchev–Trinajstić information content (AvgIpc) is 2.75. The lowest BCUT2D eigenvalue weighted by atomic mass is 9.93. The molecule has 17 heavy (non-hydrogen) atoms. The second-order valence-corrected chi connectivity index (χ2v) is 5.83. The monoisotopic (exact) mass is 250 g/mol. The molecule has 0 bridgehead atoms. The third-order valence-electron chi connectivity index (χ3n) is 3.39. The summed E-state index contributed by atoms with van der Waals surface area (Å²) in [7, 11) is 2.06. The predicted molar refractivity (Wildman–Crippen MR) is 74.6 cm³/mol. The van der Waals surface area contributed by atoms with E-state index in [-0.39, 0.29) is 0 Å². The molecular formula is C14H22N2S. The number of aromatic nitrogens is 1. The topological polar surface area (TPSA) is 24.9 Å². The van der Waals surface area contributed by atoms with Gasteiger partial charge in [-0.25, -0.2) is 4.98 Å². The van der Waals surface area contributed by atoms with Gasteiger partial charge in [-0.2, -0.15) is 0 Å². The van der Waals surface area contributed by atoms with Crippen LogP contribution in [-0.2, 0) is 6.42 Å². The van der Waals surface area contributed by atoms with Crippen LogP contribution in [-0.4, -0.2) is 18.1 Å². The number of nitrogens with one attached hydrogen (secondary N) is 1. The molecule has 1 N–H and O–H groups in total. The molecule has 1 unspecified atom stereocenters. The van der Waals surface area contributed by atoms with Gasteiger partial charge < -0.3 is 5.32 Å². The smallest absolute Gasteiger partial charge is 0.0943 e. The fraction of sp³-hybridized carbons (Fsp3) is 0.643. The fourth-order valence-corrected chi connectivity index (χ4v) is 3.24. The van der Waals surface area contributed by atoms with E-state index in [0.717, 1.165) is 12.1 Å². The van der Waals surface area contributed by atoms with Gasteiger partial charge in [-0.05, 0) is 46.1 Å². The fourth-order valence-electron chi connectivity index (χ4n) is 2.39. The molecule has 1 atom stereocenters. The zero-order chi connectivity index (χ0) is 12.1. The van der Waals surface area contributed by atoms with Crippen LogP contribution in [0.1, 0.15) is 42.8 Å². The van der Waals surface area contributed by atoms with Gasteiger partial charge in [0.15, 0.2) is 0 Å². The first-order valence-corrected chi connectivity index (χ1v) is 7.42. The van der Waals surface area contributed by atoms with Crippen molar-refractivity contribution >= 4 is 11.3 Å². The predicted octanol–water partition coefficient (Wildman–Crippen LogP) is 3.47. The molecule has 0 radical (unpaired) electrons. The molecule has 94 valence electrons. The normalized spacial score (nSPS) is 17.9. The average molecular weight is 250 g/mol. The summed E-state index contributed by atoms with van der Waals surface area (Å²) in [6.45, 7) is 2.07. The number of hydrogen-bond donors (Lipinski definition) is 1. The molecule has 0 saturated heterocycles. The van der Waals surface area contributed by atoms with E-state index in [1.54, 1.807) is 16.9 Å². The number of nitrogens with zero attached hydrogens (tertiary/aromatic N) is 1. The van der Waals surface area contributed by atoms with Crippen molar-refractivity contribution in [3.8, 4) is 0 Å². The van der Waals surface area contributed by atoms with Gasteiger partial charge in [-0.3, -0.25) is 0 Å². The maximum atomic E-state index is 4.55. The first kappa shape index (κ1) is 12.8. The Balaban J connectivity index is 1.90. The van der Waals surface area contributed by atoms with Crippen molar-refractivity contribution in [2.24, 2.45) is 0 Å². The molecule has 1 aromatic heterocycles. The Morgan fingerprint density at radius 3 is 2.88 bits per heavy atom. The summed E-state index contributed by atoms with van der Waals surface area (Å²) in [5.41, 5.74) is 2.79. The van der Waals surface area contributed by atoms with Crippen LogP contribution in [0.5, 0.6) is 0 Å². The second kappa shape index (κ2) is 6.31. The van der Waals surface area contributed by atoms with Crippen LogP contribution in [0.4, 0.5) is 0 Å². The second-order valence-electron chi connectivity index (χ2n) is 4.88. The van der Waals surface area contributed by atoms with Crippen molar-refractivity contribution in [2.45, 2.75) is 51.5 Å². The summed E-state index contributed by atoms with van der Waals surface area (Å²) in [5, 5.41) is 6.84. The van der Waals surface area contributed by atoms with Crippen LogP contribution in [0.2, 0.25) is 0 Å². The van der Waals surface area contributed by atoms with Crippen LogP contribution in [0, 0.1) is 6.92 Å². The van der Waals surface area contributed by atoms with Crippen LogP contribution in [0.3, 0.4) is 0 Å². The van der Waals surface area contributed by atoms with Gasteiger partial charge in [0.2, 0.25) is 0 Å². The van der Waals surface area contributed by atoms with Crippen molar-refractivity contribution in [1.82, 2.24) is 10.3 Å². The minimum absolute atomic E-state index is 0.546. The summed E-state index contributed by atoms with van der Waals surface area (Å²) in [4.78, 5) is 4.55. The Labute approximate surface area is 108 Å². The lowest BCUT2D eigenvalue weighted by Gasteiger charge is -2.19. The Morgan fingerprint density at radius 2 is 2.29 bits per heavy atom. The lowest BCUT2D eigenvalue weighted by molar-refractivity contribution is 0.531. The van der Waals surface area contributed by atoms with Gasteiger partial charge in [0, 0.05) is 23.5 Å². The Kier molecular flexibility index (Phi) is 4.75. The van der Waals surface area contributed by atoms with Gasteiger partial charge >= 0.3 is 0 Å². The highest BCUT2D eigenvalue weighted by molar-refractivity contribution is 7.09. The molecule has 0 aromatic carbocycles. The molecule has 1 aliphatic carbocycles. The third kappa shape index (κ3) is 3.93. The molecule has 2 rings (SSSR count). The quantitative estimate of drug-likeness (QED) is 0.809. The highest BCUT2D eigenvalue weighted by Gasteiger charge is 2.13. The van der Waals surface area contributed by atoms with Crippen molar-refractivity contribution in [3.63, 3.8) is 0 Å². The van der Waals surface area contributed by atoms with Gasteiger partial charge in [0.25, 0.3) is 0 Å². The minimum atomic E-state index is 0.546. The number of rotatable bonds is 5. The van der Waals surface area contributed by atoms with E-state index in [2.05, 4.69) is 35.7 Å². The Morgan fingerprint density at radius 1 is 1.41 bits per heavy atom. The highest BCUT2D eigenvalue weighted by atomic mass is 32.1. The summed E-state index contributed by atoms with van der Waals surface area (Å²) in [5.74, 6) is 0. The summed E-state index contributed by atoms with van der Waals surface area (Å²) in [6.07, 6.45) is 10.0. The first-order chi connectivity index (χ1) is 8.28. The van der Waals surface area contributed by atoms with Crippen LogP contribution >= 0.6 is 11.3 Å². The van der Waals surface area contributed by atoms with E-state index in [1.807, 2.05) is 0 Å². The van der Waals surface area contributed by atoms with Gasteiger partial charge in [0.1, 0.15) is 0 Å². The number of thiazole rings is 1. The van der Waals surface area contributed by atoms with Crippen LogP contribution in [0.25, 0.3) is 0 Å². The maximum Gasteiger partial charge on any atom is 0.0943 e. The van der Waals surface area contributed by atoms with E-state index < -0.39 is 0 Å². The molecule has 0 fully saturated rings. The number of hydrogen-bond acceptors (Lipinski definition) is 3. The molecule has 1 heterocycles. The van der Waals surface area contributed by atoms with Crippen LogP contribution < -0.4 is 5.32 Å². The molecular weight excluding hydrogens is 228 g/mol. The number of allylic oxidation sites excluding steroid dienone is 1. The molecule has 0 spiro atoms. The summed E-state index contributed by atoms with van der Waals surface area (Å²) >= 11 is 1.78. The highest BCUT2D eigenvalue weighted by Crippen LogP contribution is 2.23. The van der Waals surface area contributed by atoms with E-state index >= 15 is 0 Å². The SMILES string of the molecule is CNC(CC1=CCCCC1)Cc1nc(C)cs1. The summed E-state index contributed by atoms with van der Waals surface area (Å²) < 4.78 is 0. The molecule has 3 heteroatoms. The van der Waals surface area contributed by atoms with E-state index in [0.29, 0.717) is 6.04 Å². The van der Waals surface area contributed by atoms with E-state index in [1.165, 1.54) is 37.1 Å². The van der Waals surface area contributed by atoms with Gasteiger partial charge in [-0.15, -0.1) is 11.3 Å². The third-order valence-corrected chi connectivity index (χ3v) is 4.38. The summed E-state index contributed by atoms with van der Waals surface area (Å²) in [6, 6.07) is 0.546. The Bertz CT molecular complexity index is 381. The van der Waals surface area contributed by atoms with E-state index in [9.17, 15) is 0 Å². The van der Waals surface area contributed by atoms with E-state index in [4.69, 9.17) is 0 Å². The number of likely N-dealkylation sites (N-methyl/N-ethyl adjacent to an activating group) is 1. The zero-order valence-corrected chi connectivity index (χ0v) is 11.6. The van der Waals surface area contributed by atoms with Gasteiger partial charge in [0.05, 0.1) is 5.01 Å². The minimum Gasteiger partial charge on any atom is -0.316 e. The first-order valence-electron chi connectivity index (χ1n) is 6.54. The van der Waals surface area contributed by atoms with Crippen LogP contribution in [0.15, 0.2) is 17.0 Å². The molecule has 0 aliphatic heterocycles. The largest absolute Gasteiger partial charge is 0.316 e. The number of aryl methyl sites for hydroxylation is 1. The maximum absolute atomic E-state index is 4.55. The van der Waals surface area contributed by atoms with Gasteiger partial charge in [-0.1, -0.05) is 11.6 Å². The standard InChI is InChI=1S/C14H22N2S/c1-11-10-17-14(16-11)9-13(15-2)8-12-6-4-3-5-7-12/h6,10,13,15H,3-5,7-9H2,1-2H3. The van der Waals surface area contributed by atoms with Crippen molar-refractivity contribution < 1.29 is 0 Å². The lowest BCUT2D eigenvalue weighted by Crippen LogP contribution is -2.28.